The monoisotopic (exact) mass is 160 g/mol. The second-order valence-electron chi connectivity index (χ2n) is 2.65. The summed E-state index contributed by atoms with van der Waals surface area (Å²) in [5.41, 5.74) is 1.39. The van der Waals surface area contributed by atoms with E-state index in [1.807, 2.05) is 37.3 Å². The summed E-state index contributed by atoms with van der Waals surface area (Å²) >= 11 is 0. The van der Waals surface area contributed by atoms with Crippen molar-refractivity contribution in [3.05, 3.63) is 48.0 Å². The molecule has 1 rings (SSSR count). The van der Waals surface area contributed by atoms with E-state index in [1.165, 1.54) is 0 Å². The number of ketones is 1. The Morgan fingerprint density at radius 2 is 1.92 bits per heavy atom. The van der Waals surface area contributed by atoms with Gasteiger partial charge in [0.2, 0.25) is 0 Å². The molecule has 0 aliphatic rings. The molecule has 1 aromatic carbocycles. The molecule has 0 saturated heterocycles. The molecule has 0 spiro atoms. The third kappa shape index (κ3) is 1.82. The third-order valence-corrected chi connectivity index (χ3v) is 1.78. The molecule has 0 fully saturated rings. The second-order valence-corrected chi connectivity index (χ2v) is 2.65. The zero-order valence-corrected chi connectivity index (χ0v) is 7.21. The summed E-state index contributed by atoms with van der Waals surface area (Å²) in [6.07, 6.45) is 0.716. The average molecular weight is 160 g/mol. The number of Topliss-reactive ketones (excluding diaryl/α,β-unsaturated/α-hetero) is 1. The molecule has 0 radical (unpaired) electrons. The largest absolute Gasteiger partial charge is 0.289 e. The Balaban J connectivity index is 2.86. The fourth-order valence-electron chi connectivity index (χ4n) is 0.954. The molecule has 0 heterocycles. The molecule has 0 unspecified atom stereocenters. The van der Waals surface area contributed by atoms with Gasteiger partial charge in [0.1, 0.15) is 0 Å². The van der Waals surface area contributed by atoms with Crippen LogP contribution >= 0.6 is 0 Å². The van der Waals surface area contributed by atoms with Crippen molar-refractivity contribution in [1.82, 2.24) is 0 Å². The Kier molecular flexibility index (Phi) is 2.81. The lowest BCUT2D eigenvalue weighted by atomic mass is 10.0. The van der Waals surface area contributed by atoms with E-state index in [4.69, 9.17) is 0 Å². The highest BCUT2D eigenvalue weighted by Gasteiger charge is 2.06. The quantitative estimate of drug-likeness (QED) is 0.491. The molecule has 0 atom stereocenters. The van der Waals surface area contributed by atoms with E-state index in [2.05, 4.69) is 6.58 Å². The molecule has 1 aromatic rings. The SMILES string of the molecule is C=C(CC)C(=O)c1ccccc1. The molecular formula is C11H12O. The molecule has 0 amide bonds. The predicted octanol–water partition coefficient (Wildman–Crippen LogP) is 2.84. The van der Waals surface area contributed by atoms with E-state index in [1.54, 1.807) is 0 Å². The molecule has 0 aliphatic heterocycles. The third-order valence-electron chi connectivity index (χ3n) is 1.78. The summed E-state index contributed by atoms with van der Waals surface area (Å²) in [6.45, 7) is 5.63. The van der Waals surface area contributed by atoms with Gasteiger partial charge < -0.3 is 0 Å². The number of rotatable bonds is 3. The van der Waals surface area contributed by atoms with Gasteiger partial charge in [0.05, 0.1) is 0 Å². The van der Waals surface area contributed by atoms with E-state index in [0.717, 1.165) is 5.56 Å². The number of carbonyl (C=O) groups is 1. The first-order valence-corrected chi connectivity index (χ1v) is 4.03. The fourth-order valence-corrected chi connectivity index (χ4v) is 0.954. The van der Waals surface area contributed by atoms with Gasteiger partial charge in [-0.15, -0.1) is 0 Å². The van der Waals surface area contributed by atoms with Gasteiger partial charge >= 0.3 is 0 Å². The standard InChI is InChI=1S/C11H12O/c1-3-9(2)11(12)10-7-5-4-6-8-10/h4-8H,2-3H2,1H3. The number of carbonyl (C=O) groups excluding carboxylic acids is 1. The molecule has 0 aliphatic carbocycles. The maximum absolute atomic E-state index is 11.5. The maximum Gasteiger partial charge on any atom is 0.188 e. The highest BCUT2D eigenvalue weighted by Crippen LogP contribution is 2.08. The zero-order valence-electron chi connectivity index (χ0n) is 7.21. The molecular weight excluding hydrogens is 148 g/mol. The summed E-state index contributed by atoms with van der Waals surface area (Å²) in [5, 5.41) is 0. The van der Waals surface area contributed by atoms with Gasteiger partial charge in [0.15, 0.2) is 5.78 Å². The molecule has 0 aromatic heterocycles. The normalized spacial score (nSPS) is 9.42. The van der Waals surface area contributed by atoms with Crippen LogP contribution < -0.4 is 0 Å². The second kappa shape index (κ2) is 3.86. The zero-order chi connectivity index (χ0) is 8.97. The highest BCUT2D eigenvalue weighted by molar-refractivity contribution is 6.08. The van der Waals surface area contributed by atoms with Crippen LogP contribution in [0, 0.1) is 0 Å². The minimum absolute atomic E-state index is 0.0538. The first-order chi connectivity index (χ1) is 5.75. The molecule has 0 bridgehead atoms. The van der Waals surface area contributed by atoms with Crippen LogP contribution in [0.3, 0.4) is 0 Å². The lowest BCUT2D eigenvalue weighted by Gasteiger charge is -2.00. The molecule has 1 nitrogen and oxygen atoms in total. The van der Waals surface area contributed by atoms with E-state index >= 15 is 0 Å². The van der Waals surface area contributed by atoms with E-state index < -0.39 is 0 Å². The Morgan fingerprint density at radius 1 is 1.33 bits per heavy atom. The maximum atomic E-state index is 11.5. The van der Waals surface area contributed by atoms with Crippen LogP contribution in [0.5, 0.6) is 0 Å². The summed E-state index contributed by atoms with van der Waals surface area (Å²) in [7, 11) is 0. The Hall–Kier alpha value is -1.37. The van der Waals surface area contributed by atoms with Gasteiger partial charge in [-0.3, -0.25) is 4.79 Å². The van der Waals surface area contributed by atoms with Crippen LogP contribution in [0.25, 0.3) is 0 Å². The van der Waals surface area contributed by atoms with Crippen molar-refractivity contribution in [2.24, 2.45) is 0 Å². The van der Waals surface area contributed by atoms with Crippen molar-refractivity contribution in [2.45, 2.75) is 13.3 Å². The van der Waals surface area contributed by atoms with Crippen LogP contribution in [0.15, 0.2) is 42.5 Å². The van der Waals surface area contributed by atoms with Crippen molar-refractivity contribution < 1.29 is 4.79 Å². The van der Waals surface area contributed by atoms with Gasteiger partial charge in [0.25, 0.3) is 0 Å². The number of allylic oxidation sites excluding steroid dienone is 1. The number of benzene rings is 1. The van der Waals surface area contributed by atoms with Crippen LogP contribution in [-0.2, 0) is 0 Å². The summed E-state index contributed by atoms with van der Waals surface area (Å²) < 4.78 is 0. The number of hydrogen-bond acceptors (Lipinski definition) is 1. The van der Waals surface area contributed by atoms with E-state index in [0.29, 0.717) is 12.0 Å². The van der Waals surface area contributed by atoms with Crippen LogP contribution in [-0.4, -0.2) is 5.78 Å². The molecule has 1 heteroatoms. The van der Waals surface area contributed by atoms with Gasteiger partial charge in [-0.2, -0.15) is 0 Å². The lowest BCUT2D eigenvalue weighted by Crippen LogP contribution is -2.00. The van der Waals surface area contributed by atoms with Crippen LogP contribution in [0.4, 0.5) is 0 Å². The van der Waals surface area contributed by atoms with Crippen molar-refractivity contribution in [3.8, 4) is 0 Å². The smallest absolute Gasteiger partial charge is 0.188 e. The fraction of sp³-hybridized carbons (Fsp3) is 0.182. The Labute approximate surface area is 72.7 Å². The molecule has 62 valence electrons. The topological polar surface area (TPSA) is 17.1 Å². The molecule has 12 heavy (non-hydrogen) atoms. The van der Waals surface area contributed by atoms with E-state index in [9.17, 15) is 4.79 Å². The summed E-state index contributed by atoms with van der Waals surface area (Å²) in [6, 6.07) is 9.23. The van der Waals surface area contributed by atoms with Gasteiger partial charge in [-0.25, -0.2) is 0 Å². The van der Waals surface area contributed by atoms with Crippen molar-refractivity contribution >= 4 is 5.78 Å². The van der Waals surface area contributed by atoms with Crippen molar-refractivity contribution in [2.75, 3.05) is 0 Å². The highest BCUT2D eigenvalue weighted by atomic mass is 16.1. The number of hydrogen-bond donors (Lipinski definition) is 0. The minimum Gasteiger partial charge on any atom is -0.289 e. The summed E-state index contributed by atoms with van der Waals surface area (Å²) in [4.78, 5) is 11.5. The minimum atomic E-state index is 0.0538. The van der Waals surface area contributed by atoms with Gasteiger partial charge in [-0.1, -0.05) is 43.8 Å². The van der Waals surface area contributed by atoms with Crippen molar-refractivity contribution in [1.29, 1.82) is 0 Å². The Morgan fingerprint density at radius 3 is 2.42 bits per heavy atom. The van der Waals surface area contributed by atoms with E-state index in [-0.39, 0.29) is 5.78 Å². The van der Waals surface area contributed by atoms with Gasteiger partial charge in [-0.05, 0) is 12.0 Å². The Bertz CT molecular complexity index is 285. The predicted molar refractivity (Wildman–Crippen MR) is 50.2 cm³/mol. The van der Waals surface area contributed by atoms with Gasteiger partial charge in [0, 0.05) is 5.56 Å². The van der Waals surface area contributed by atoms with Crippen LogP contribution in [0.1, 0.15) is 23.7 Å². The lowest BCUT2D eigenvalue weighted by molar-refractivity contribution is 0.103. The molecule has 0 N–H and O–H groups in total. The average Bonchev–Trinajstić information content (AvgIpc) is 2.17. The summed E-state index contributed by atoms with van der Waals surface area (Å²) in [5.74, 6) is 0.0538. The van der Waals surface area contributed by atoms with Crippen molar-refractivity contribution in [3.63, 3.8) is 0 Å². The first kappa shape index (κ1) is 8.72. The first-order valence-electron chi connectivity index (χ1n) is 4.03. The van der Waals surface area contributed by atoms with Crippen LogP contribution in [0.2, 0.25) is 0 Å². The molecule has 0 saturated carbocycles.